The smallest absolute Gasteiger partial charge is 0.311 e. The van der Waals surface area contributed by atoms with Gasteiger partial charge in [-0.25, -0.2) is 4.98 Å². The quantitative estimate of drug-likeness (QED) is 0.546. The summed E-state index contributed by atoms with van der Waals surface area (Å²) in [5.74, 6) is 0.847. The van der Waals surface area contributed by atoms with Crippen LogP contribution < -0.4 is 5.32 Å². The van der Waals surface area contributed by atoms with E-state index in [2.05, 4.69) is 15.5 Å². The molecule has 0 aliphatic heterocycles. The van der Waals surface area contributed by atoms with Gasteiger partial charge in [0.1, 0.15) is 5.76 Å². The zero-order valence-electron chi connectivity index (χ0n) is 14.2. The van der Waals surface area contributed by atoms with Gasteiger partial charge in [-0.15, -0.1) is 0 Å². The largest absolute Gasteiger partial charge is 0.361 e. The van der Waals surface area contributed by atoms with E-state index in [4.69, 9.17) is 4.52 Å². The molecule has 0 unspecified atom stereocenters. The molecule has 1 atom stereocenters. The second-order valence-electron chi connectivity index (χ2n) is 5.80. The average molecular weight is 338 g/mol. The first-order chi connectivity index (χ1) is 12.0. The summed E-state index contributed by atoms with van der Waals surface area (Å²) in [5.41, 5.74) is 2.98. The van der Waals surface area contributed by atoms with E-state index >= 15 is 0 Å². The highest BCUT2D eigenvalue weighted by atomic mass is 16.6. The number of nitro groups is 1. The lowest BCUT2D eigenvalue weighted by Gasteiger charge is -2.15. The highest BCUT2D eigenvalue weighted by Gasteiger charge is 2.21. The summed E-state index contributed by atoms with van der Waals surface area (Å²) in [6, 6.07) is 12.6. The van der Waals surface area contributed by atoms with E-state index in [1.807, 2.05) is 44.2 Å². The molecule has 2 heterocycles. The van der Waals surface area contributed by atoms with Crippen LogP contribution in [0.15, 0.2) is 47.0 Å². The van der Waals surface area contributed by atoms with Crippen LogP contribution in [0.25, 0.3) is 11.3 Å². The maximum Gasteiger partial charge on any atom is 0.311 e. The molecule has 128 valence electrons. The Bertz CT molecular complexity index is 886. The molecule has 0 aliphatic carbocycles. The van der Waals surface area contributed by atoms with E-state index in [0.29, 0.717) is 17.1 Å². The zero-order chi connectivity index (χ0) is 18.0. The molecule has 25 heavy (non-hydrogen) atoms. The second-order valence-corrected chi connectivity index (χ2v) is 5.80. The van der Waals surface area contributed by atoms with Crippen molar-refractivity contribution in [1.82, 2.24) is 10.1 Å². The normalized spacial score (nSPS) is 12.0. The summed E-state index contributed by atoms with van der Waals surface area (Å²) in [7, 11) is 0. The van der Waals surface area contributed by atoms with Crippen molar-refractivity contribution < 1.29 is 9.45 Å². The minimum absolute atomic E-state index is 0.0710. The number of hydrogen-bond acceptors (Lipinski definition) is 6. The Hall–Kier alpha value is -3.22. The fourth-order valence-electron chi connectivity index (χ4n) is 2.72. The summed E-state index contributed by atoms with van der Waals surface area (Å²) in [4.78, 5) is 15.4. The zero-order valence-corrected chi connectivity index (χ0v) is 14.2. The fraction of sp³-hybridized carbons (Fsp3) is 0.222. The van der Waals surface area contributed by atoms with Crippen LogP contribution in [-0.4, -0.2) is 15.1 Å². The molecule has 3 rings (SSSR count). The third-order valence-corrected chi connectivity index (χ3v) is 4.01. The molecule has 0 spiro atoms. The van der Waals surface area contributed by atoms with E-state index in [1.54, 1.807) is 13.0 Å². The van der Waals surface area contributed by atoms with Crippen LogP contribution in [-0.2, 0) is 0 Å². The van der Waals surface area contributed by atoms with Crippen molar-refractivity contribution in [2.45, 2.75) is 26.8 Å². The number of nitrogens with one attached hydrogen (secondary N) is 1. The summed E-state index contributed by atoms with van der Waals surface area (Å²) in [6.45, 7) is 5.54. The SMILES string of the molecule is Cc1noc(C)c1-c1ccc([N+](=O)[O-])c(N[C@@H](C)c2ccccc2)n1. The van der Waals surface area contributed by atoms with E-state index in [0.717, 1.165) is 11.1 Å². The van der Waals surface area contributed by atoms with E-state index in [-0.39, 0.29) is 17.5 Å². The Labute approximate surface area is 144 Å². The Morgan fingerprint density at radius 1 is 1.16 bits per heavy atom. The lowest BCUT2D eigenvalue weighted by Crippen LogP contribution is -2.10. The third kappa shape index (κ3) is 3.35. The highest BCUT2D eigenvalue weighted by Crippen LogP contribution is 2.32. The second kappa shape index (κ2) is 6.72. The predicted octanol–water partition coefficient (Wildman–Crippen LogP) is 4.43. The van der Waals surface area contributed by atoms with Gasteiger partial charge in [-0.1, -0.05) is 35.5 Å². The van der Waals surface area contributed by atoms with Gasteiger partial charge in [-0.3, -0.25) is 10.1 Å². The molecular weight excluding hydrogens is 320 g/mol. The molecule has 0 fully saturated rings. The molecule has 7 nitrogen and oxygen atoms in total. The van der Waals surface area contributed by atoms with Gasteiger partial charge in [0.25, 0.3) is 0 Å². The highest BCUT2D eigenvalue weighted by molar-refractivity contribution is 5.69. The number of aryl methyl sites for hydroxylation is 2. The minimum Gasteiger partial charge on any atom is -0.361 e. The van der Waals surface area contributed by atoms with E-state index < -0.39 is 4.92 Å². The number of hydrogen-bond donors (Lipinski definition) is 1. The van der Waals surface area contributed by atoms with Crippen LogP contribution in [0.5, 0.6) is 0 Å². The molecule has 0 bridgehead atoms. The Kier molecular flexibility index (Phi) is 4.47. The van der Waals surface area contributed by atoms with Crippen molar-refractivity contribution in [1.29, 1.82) is 0 Å². The molecule has 7 heteroatoms. The van der Waals surface area contributed by atoms with Gasteiger partial charge in [0.05, 0.1) is 27.9 Å². The van der Waals surface area contributed by atoms with Crippen molar-refractivity contribution in [3.05, 3.63) is 69.6 Å². The Balaban J connectivity index is 2.01. The van der Waals surface area contributed by atoms with Gasteiger partial charge >= 0.3 is 5.69 Å². The molecule has 3 aromatic rings. The molecule has 0 aliphatic rings. The van der Waals surface area contributed by atoms with Crippen molar-refractivity contribution in [3.63, 3.8) is 0 Å². The predicted molar refractivity (Wildman–Crippen MR) is 94.3 cm³/mol. The van der Waals surface area contributed by atoms with Crippen LogP contribution >= 0.6 is 0 Å². The number of anilines is 1. The van der Waals surface area contributed by atoms with Crippen LogP contribution in [0.2, 0.25) is 0 Å². The van der Waals surface area contributed by atoms with Crippen molar-refractivity contribution >= 4 is 11.5 Å². The average Bonchev–Trinajstić information content (AvgIpc) is 2.94. The van der Waals surface area contributed by atoms with Gasteiger partial charge in [0.2, 0.25) is 5.82 Å². The van der Waals surface area contributed by atoms with Crippen molar-refractivity contribution in [2.24, 2.45) is 0 Å². The number of benzene rings is 1. The van der Waals surface area contributed by atoms with Gasteiger partial charge in [0, 0.05) is 6.07 Å². The van der Waals surface area contributed by atoms with Crippen molar-refractivity contribution in [3.8, 4) is 11.3 Å². The molecule has 1 aromatic carbocycles. The molecule has 2 aromatic heterocycles. The summed E-state index contributed by atoms with van der Waals surface area (Å²) >= 11 is 0. The molecule has 0 radical (unpaired) electrons. The molecule has 0 saturated carbocycles. The minimum atomic E-state index is -0.440. The van der Waals surface area contributed by atoms with Crippen molar-refractivity contribution in [2.75, 3.05) is 5.32 Å². The first kappa shape index (κ1) is 16.6. The molecule has 0 saturated heterocycles. The number of rotatable bonds is 5. The topological polar surface area (TPSA) is 94.1 Å². The molecule has 0 amide bonds. The summed E-state index contributed by atoms with van der Waals surface area (Å²) < 4.78 is 5.17. The van der Waals surface area contributed by atoms with Crippen LogP contribution in [0, 0.1) is 24.0 Å². The fourth-order valence-corrected chi connectivity index (χ4v) is 2.72. The maximum atomic E-state index is 11.4. The Morgan fingerprint density at radius 2 is 1.88 bits per heavy atom. The standard InChI is InChI=1S/C18H18N4O3/c1-11(14-7-5-4-6-8-14)19-18-16(22(23)24)10-9-15(20-18)17-12(2)21-25-13(17)3/h4-11H,1-3H3,(H,19,20)/t11-/m0/s1. The molecule has 1 N–H and O–H groups in total. The maximum absolute atomic E-state index is 11.4. The van der Waals surface area contributed by atoms with Crippen LogP contribution in [0.1, 0.15) is 30.0 Å². The van der Waals surface area contributed by atoms with Gasteiger partial charge < -0.3 is 9.84 Å². The molecular formula is C18H18N4O3. The first-order valence-corrected chi connectivity index (χ1v) is 7.87. The van der Waals surface area contributed by atoms with Gasteiger partial charge in [-0.05, 0) is 32.4 Å². The van der Waals surface area contributed by atoms with E-state index in [9.17, 15) is 10.1 Å². The number of pyridine rings is 1. The summed E-state index contributed by atoms with van der Waals surface area (Å²) in [5, 5.41) is 18.4. The lowest BCUT2D eigenvalue weighted by molar-refractivity contribution is -0.384. The monoisotopic (exact) mass is 338 g/mol. The van der Waals surface area contributed by atoms with Gasteiger partial charge in [0.15, 0.2) is 0 Å². The summed E-state index contributed by atoms with van der Waals surface area (Å²) in [6.07, 6.45) is 0. The Morgan fingerprint density at radius 3 is 2.48 bits per heavy atom. The first-order valence-electron chi connectivity index (χ1n) is 7.87. The third-order valence-electron chi connectivity index (χ3n) is 4.01. The van der Waals surface area contributed by atoms with Crippen LogP contribution in [0.3, 0.4) is 0 Å². The lowest BCUT2D eigenvalue weighted by atomic mass is 10.1. The van der Waals surface area contributed by atoms with Crippen LogP contribution in [0.4, 0.5) is 11.5 Å². The number of aromatic nitrogens is 2. The number of nitrogens with zero attached hydrogens (tertiary/aromatic N) is 3. The van der Waals surface area contributed by atoms with E-state index in [1.165, 1.54) is 6.07 Å². The van der Waals surface area contributed by atoms with Gasteiger partial charge in [-0.2, -0.15) is 0 Å².